The van der Waals surface area contributed by atoms with Crippen molar-refractivity contribution in [1.82, 2.24) is 0 Å². The molecule has 0 aliphatic rings. The van der Waals surface area contributed by atoms with Gasteiger partial charge in [0.2, 0.25) is 0 Å². The second-order valence-electron chi connectivity index (χ2n) is 5.37. The van der Waals surface area contributed by atoms with Crippen molar-refractivity contribution in [3.63, 3.8) is 0 Å². The van der Waals surface area contributed by atoms with E-state index in [1.165, 1.54) is 11.1 Å². The fourth-order valence-electron chi connectivity index (χ4n) is 1.59. The van der Waals surface area contributed by atoms with E-state index < -0.39 is 0 Å². The van der Waals surface area contributed by atoms with E-state index in [-0.39, 0.29) is 0 Å². The minimum atomic E-state index is 0.298. The van der Waals surface area contributed by atoms with Crippen molar-refractivity contribution in [3.05, 3.63) is 23.3 Å². The first-order chi connectivity index (χ1) is 8.01. The van der Waals surface area contributed by atoms with Gasteiger partial charge in [-0.1, -0.05) is 44.1 Å². The van der Waals surface area contributed by atoms with Crippen molar-refractivity contribution in [2.45, 2.75) is 60.3 Å². The molecule has 0 aliphatic carbocycles. The summed E-state index contributed by atoms with van der Waals surface area (Å²) in [6, 6.07) is 0. The molecule has 1 heteroatoms. The summed E-state index contributed by atoms with van der Waals surface area (Å²) in [5, 5.41) is 9.07. The van der Waals surface area contributed by atoms with Gasteiger partial charge in [-0.05, 0) is 51.4 Å². The average Bonchev–Trinajstić information content (AvgIpc) is 2.34. The van der Waals surface area contributed by atoms with Crippen LogP contribution in [0, 0.1) is 11.8 Å². The maximum atomic E-state index is 9.07. The third-order valence-corrected chi connectivity index (χ3v) is 3.69. The van der Waals surface area contributed by atoms with Gasteiger partial charge in [-0.25, -0.2) is 0 Å². The van der Waals surface area contributed by atoms with Gasteiger partial charge in [0.1, 0.15) is 0 Å². The van der Waals surface area contributed by atoms with Crippen LogP contribution in [0.3, 0.4) is 0 Å². The number of hydrogen-bond donors (Lipinski definition) is 1. The zero-order chi connectivity index (χ0) is 13.3. The summed E-state index contributed by atoms with van der Waals surface area (Å²) in [6.45, 7) is 11.2. The summed E-state index contributed by atoms with van der Waals surface area (Å²) < 4.78 is 0. The van der Waals surface area contributed by atoms with E-state index in [2.05, 4.69) is 46.8 Å². The molecule has 0 aromatic carbocycles. The van der Waals surface area contributed by atoms with E-state index in [9.17, 15) is 0 Å². The normalized spacial score (nSPS) is 17.1. The van der Waals surface area contributed by atoms with E-state index in [4.69, 9.17) is 5.11 Å². The van der Waals surface area contributed by atoms with Crippen LogP contribution in [0.15, 0.2) is 23.3 Å². The maximum Gasteiger partial charge on any atom is 0.0459 e. The Hall–Kier alpha value is -0.560. The zero-order valence-electron chi connectivity index (χ0n) is 12.3. The summed E-state index contributed by atoms with van der Waals surface area (Å²) in [6.07, 6.45) is 9.25. The highest BCUT2D eigenvalue weighted by atomic mass is 16.3. The molecule has 0 fully saturated rings. The Kier molecular flexibility index (Phi) is 9.16. The summed E-state index contributed by atoms with van der Waals surface area (Å²) in [7, 11) is 0. The second kappa shape index (κ2) is 9.47. The Balaban J connectivity index is 3.94. The number of aliphatic hydroxyl groups excluding tert-OH is 1. The fourth-order valence-corrected chi connectivity index (χ4v) is 1.59. The monoisotopic (exact) mass is 238 g/mol. The molecule has 0 radical (unpaired) electrons. The Morgan fingerprint density at radius 3 is 2.24 bits per heavy atom. The van der Waals surface area contributed by atoms with E-state index in [0.717, 1.165) is 25.7 Å². The third kappa shape index (κ3) is 8.20. The van der Waals surface area contributed by atoms with Crippen LogP contribution >= 0.6 is 0 Å². The van der Waals surface area contributed by atoms with E-state index >= 15 is 0 Å². The number of rotatable bonds is 8. The van der Waals surface area contributed by atoms with Gasteiger partial charge in [0, 0.05) is 6.61 Å². The van der Waals surface area contributed by atoms with Gasteiger partial charge in [0.05, 0.1) is 0 Å². The molecule has 2 atom stereocenters. The van der Waals surface area contributed by atoms with E-state index in [0.29, 0.717) is 18.4 Å². The standard InChI is InChI=1S/C16H30O/c1-6-13(2)8-7-9-14(3)10-11-15(4)16(5)12-17/h8,10,15-17H,6-7,9,11-12H2,1-5H3/b13-8-,14-10+/t15-,16+/m1/s1. The largest absolute Gasteiger partial charge is 0.396 e. The zero-order valence-corrected chi connectivity index (χ0v) is 12.3. The Labute approximate surface area is 108 Å². The van der Waals surface area contributed by atoms with Crippen LogP contribution in [-0.2, 0) is 0 Å². The van der Waals surface area contributed by atoms with Gasteiger partial charge >= 0.3 is 0 Å². The molecule has 0 unspecified atom stereocenters. The number of hydrogen-bond acceptors (Lipinski definition) is 1. The van der Waals surface area contributed by atoms with Crippen LogP contribution < -0.4 is 0 Å². The highest BCUT2D eigenvalue weighted by Gasteiger charge is 2.09. The average molecular weight is 238 g/mol. The lowest BCUT2D eigenvalue weighted by Gasteiger charge is -2.15. The summed E-state index contributed by atoms with van der Waals surface area (Å²) >= 11 is 0. The van der Waals surface area contributed by atoms with Crippen molar-refractivity contribution in [2.24, 2.45) is 11.8 Å². The summed E-state index contributed by atoms with van der Waals surface area (Å²) in [5.41, 5.74) is 2.96. The molecule has 0 heterocycles. The molecule has 0 saturated heterocycles. The summed E-state index contributed by atoms with van der Waals surface area (Å²) in [5.74, 6) is 0.976. The lowest BCUT2D eigenvalue weighted by Crippen LogP contribution is -2.11. The van der Waals surface area contributed by atoms with E-state index in [1.54, 1.807) is 0 Å². The van der Waals surface area contributed by atoms with Crippen molar-refractivity contribution in [3.8, 4) is 0 Å². The number of allylic oxidation sites excluding steroid dienone is 4. The van der Waals surface area contributed by atoms with Crippen LogP contribution in [0.2, 0.25) is 0 Å². The van der Waals surface area contributed by atoms with Gasteiger partial charge in [-0.2, -0.15) is 0 Å². The quantitative estimate of drug-likeness (QED) is 0.606. The SMILES string of the molecule is CC/C(C)=C\CC/C(C)=C/C[C@@H](C)[C@@H](C)CO. The molecule has 0 saturated carbocycles. The molecule has 0 rings (SSSR count). The minimum absolute atomic E-state index is 0.298. The minimum Gasteiger partial charge on any atom is -0.396 e. The van der Waals surface area contributed by atoms with Crippen LogP contribution in [0.1, 0.15) is 60.3 Å². The van der Waals surface area contributed by atoms with Crippen LogP contribution in [-0.4, -0.2) is 11.7 Å². The predicted molar refractivity (Wildman–Crippen MR) is 77.1 cm³/mol. The Morgan fingerprint density at radius 1 is 1.06 bits per heavy atom. The second-order valence-corrected chi connectivity index (χ2v) is 5.37. The molecular weight excluding hydrogens is 208 g/mol. The highest BCUT2D eigenvalue weighted by molar-refractivity contribution is 5.03. The first-order valence-electron chi connectivity index (χ1n) is 6.93. The molecule has 0 aromatic rings. The first-order valence-corrected chi connectivity index (χ1v) is 6.93. The molecular formula is C16H30O. The molecule has 0 aromatic heterocycles. The fraction of sp³-hybridized carbons (Fsp3) is 0.750. The molecule has 1 nitrogen and oxygen atoms in total. The van der Waals surface area contributed by atoms with Gasteiger partial charge in [-0.3, -0.25) is 0 Å². The Morgan fingerprint density at radius 2 is 1.71 bits per heavy atom. The van der Waals surface area contributed by atoms with Crippen LogP contribution in [0.25, 0.3) is 0 Å². The van der Waals surface area contributed by atoms with Crippen molar-refractivity contribution in [1.29, 1.82) is 0 Å². The molecule has 0 aliphatic heterocycles. The summed E-state index contributed by atoms with van der Waals surface area (Å²) in [4.78, 5) is 0. The maximum absolute atomic E-state index is 9.07. The van der Waals surface area contributed by atoms with Gasteiger partial charge < -0.3 is 5.11 Å². The van der Waals surface area contributed by atoms with E-state index in [1.807, 2.05) is 0 Å². The first kappa shape index (κ1) is 16.4. The topological polar surface area (TPSA) is 20.2 Å². The van der Waals surface area contributed by atoms with Gasteiger partial charge in [0.25, 0.3) is 0 Å². The Bertz CT molecular complexity index is 250. The molecule has 100 valence electrons. The smallest absolute Gasteiger partial charge is 0.0459 e. The lowest BCUT2D eigenvalue weighted by molar-refractivity contribution is 0.196. The van der Waals surface area contributed by atoms with Crippen molar-refractivity contribution >= 4 is 0 Å². The molecule has 0 spiro atoms. The third-order valence-electron chi connectivity index (χ3n) is 3.69. The number of aliphatic hydroxyl groups is 1. The van der Waals surface area contributed by atoms with Gasteiger partial charge in [0.15, 0.2) is 0 Å². The van der Waals surface area contributed by atoms with Crippen LogP contribution in [0.5, 0.6) is 0 Å². The molecule has 17 heavy (non-hydrogen) atoms. The van der Waals surface area contributed by atoms with Crippen molar-refractivity contribution < 1.29 is 5.11 Å². The van der Waals surface area contributed by atoms with Crippen molar-refractivity contribution in [2.75, 3.05) is 6.61 Å². The highest BCUT2D eigenvalue weighted by Crippen LogP contribution is 2.17. The molecule has 1 N–H and O–H groups in total. The molecule has 0 amide bonds. The lowest BCUT2D eigenvalue weighted by atomic mass is 9.92. The van der Waals surface area contributed by atoms with Gasteiger partial charge in [-0.15, -0.1) is 0 Å². The molecule has 0 bridgehead atoms. The van der Waals surface area contributed by atoms with Crippen LogP contribution in [0.4, 0.5) is 0 Å². The predicted octanol–water partition coefficient (Wildman–Crippen LogP) is 4.72.